The standard InChI is InChI=1S/C22H24FN5O2/c1-26-9-8-15(10-19(26)29)11-27(2)17-12-28(13-17)22-20(23)21(24-14-25-22)16-4-6-18(30-3)7-5-16/h4-10,14,17H,11-13H2,1-3H3. The number of aromatic nitrogens is 3. The molecule has 8 heteroatoms. The van der Waals surface area contributed by atoms with Crippen molar-refractivity contribution in [3.8, 4) is 17.0 Å². The van der Waals surface area contributed by atoms with E-state index in [0.717, 1.165) is 5.56 Å². The third-order valence-electron chi connectivity index (χ3n) is 5.52. The summed E-state index contributed by atoms with van der Waals surface area (Å²) in [5.74, 6) is 0.600. The second kappa shape index (κ2) is 8.23. The van der Waals surface area contributed by atoms with Gasteiger partial charge in [-0.25, -0.2) is 14.4 Å². The lowest BCUT2D eigenvalue weighted by atomic mass is 10.1. The fourth-order valence-corrected chi connectivity index (χ4v) is 3.54. The highest BCUT2D eigenvalue weighted by atomic mass is 19.1. The van der Waals surface area contributed by atoms with Crippen molar-refractivity contribution >= 4 is 5.82 Å². The topological polar surface area (TPSA) is 63.5 Å². The minimum Gasteiger partial charge on any atom is -0.497 e. The lowest BCUT2D eigenvalue weighted by Crippen LogP contribution is -2.58. The number of rotatable bonds is 6. The average Bonchev–Trinajstić information content (AvgIpc) is 2.71. The lowest BCUT2D eigenvalue weighted by molar-refractivity contribution is 0.196. The zero-order valence-electron chi connectivity index (χ0n) is 17.2. The van der Waals surface area contributed by atoms with Crippen molar-refractivity contribution in [1.29, 1.82) is 0 Å². The van der Waals surface area contributed by atoms with Gasteiger partial charge in [-0.2, -0.15) is 0 Å². The van der Waals surface area contributed by atoms with E-state index in [-0.39, 0.29) is 17.3 Å². The largest absolute Gasteiger partial charge is 0.497 e. The van der Waals surface area contributed by atoms with Gasteiger partial charge in [0.15, 0.2) is 11.6 Å². The molecular weight excluding hydrogens is 385 g/mol. The van der Waals surface area contributed by atoms with Gasteiger partial charge in [-0.1, -0.05) is 0 Å². The Bertz CT molecular complexity index is 1090. The molecule has 0 unspecified atom stereocenters. The van der Waals surface area contributed by atoms with Gasteiger partial charge in [0, 0.05) is 50.6 Å². The maximum Gasteiger partial charge on any atom is 0.250 e. The van der Waals surface area contributed by atoms with E-state index in [1.807, 2.05) is 18.0 Å². The molecule has 3 heterocycles. The fraction of sp³-hybridized carbons (Fsp3) is 0.318. The van der Waals surface area contributed by atoms with E-state index in [1.54, 1.807) is 55.3 Å². The number of aryl methyl sites for hydroxylation is 1. The van der Waals surface area contributed by atoms with Crippen LogP contribution < -0.4 is 15.2 Å². The van der Waals surface area contributed by atoms with Crippen molar-refractivity contribution in [2.75, 3.05) is 32.1 Å². The number of hydrogen-bond acceptors (Lipinski definition) is 6. The van der Waals surface area contributed by atoms with Gasteiger partial charge in [0.05, 0.1) is 7.11 Å². The van der Waals surface area contributed by atoms with Gasteiger partial charge >= 0.3 is 0 Å². The first-order chi connectivity index (χ1) is 14.5. The minimum atomic E-state index is -0.421. The van der Waals surface area contributed by atoms with Crippen LogP contribution in [0.4, 0.5) is 10.2 Å². The SMILES string of the molecule is COc1ccc(-c2ncnc(N3CC(N(C)Cc4ccn(C)c(=O)c4)C3)c2F)cc1. The molecule has 3 aromatic rings. The number of pyridine rings is 1. The molecule has 1 aliphatic heterocycles. The Morgan fingerprint density at radius 2 is 1.93 bits per heavy atom. The number of likely N-dealkylation sites (N-methyl/N-ethyl adjacent to an activating group) is 1. The third kappa shape index (κ3) is 3.91. The van der Waals surface area contributed by atoms with Crippen LogP contribution in [0, 0.1) is 5.82 Å². The van der Waals surface area contributed by atoms with Gasteiger partial charge in [-0.05, 0) is 42.9 Å². The number of ether oxygens (including phenoxy) is 1. The minimum absolute atomic E-state index is 0.0229. The van der Waals surface area contributed by atoms with Gasteiger partial charge in [0.25, 0.3) is 5.56 Å². The van der Waals surface area contributed by atoms with E-state index in [2.05, 4.69) is 14.9 Å². The summed E-state index contributed by atoms with van der Waals surface area (Å²) in [7, 11) is 5.34. The third-order valence-corrected chi connectivity index (χ3v) is 5.52. The zero-order chi connectivity index (χ0) is 21.3. The number of halogens is 1. The first-order valence-electron chi connectivity index (χ1n) is 9.72. The Kier molecular flexibility index (Phi) is 5.50. The summed E-state index contributed by atoms with van der Waals surface area (Å²) in [6.07, 6.45) is 3.17. The second-order valence-corrected chi connectivity index (χ2v) is 7.55. The molecule has 1 fully saturated rings. The van der Waals surface area contributed by atoms with Crippen LogP contribution >= 0.6 is 0 Å². The van der Waals surface area contributed by atoms with Crippen LogP contribution in [-0.2, 0) is 13.6 Å². The number of hydrogen-bond donors (Lipinski definition) is 0. The molecule has 0 aliphatic carbocycles. The van der Waals surface area contributed by atoms with E-state index in [1.165, 1.54) is 6.33 Å². The van der Waals surface area contributed by atoms with Crippen molar-refractivity contribution in [3.05, 3.63) is 70.7 Å². The number of anilines is 1. The molecule has 0 amide bonds. The summed E-state index contributed by atoms with van der Waals surface area (Å²) < 4.78 is 21.8. The summed E-state index contributed by atoms with van der Waals surface area (Å²) >= 11 is 0. The maximum atomic E-state index is 15.1. The molecule has 0 saturated carbocycles. The van der Waals surface area contributed by atoms with E-state index in [9.17, 15) is 4.79 Å². The highest BCUT2D eigenvalue weighted by Gasteiger charge is 2.33. The summed E-state index contributed by atoms with van der Waals surface area (Å²) in [5, 5.41) is 0. The summed E-state index contributed by atoms with van der Waals surface area (Å²) in [5.41, 5.74) is 1.90. The summed E-state index contributed by atoms with van der Waals surface area (Å²) in [6.45, 7) is 1.99. The van der Waals surface area contributed by atoms with Gasteiger partial charge in [-0.3, -0.25) is 9.69 Å². The van der Waals surface area contributed by atoms with E-state index in [4.69, 9.17) is 4.74 Å². The van der Waals surface area contributed by atoms with Crippen LogP contribution in [0.1, 0.15) is 5.56 Å². The smallest absolute Gasteiger partial charge is 0.250 e. The summed E-state index contributed by atoms with van der Waals surface area (Å²) in [6, 6.07) is 11.0. The molecular formula is C22H24FN5O2. The Balaban J connectivity index is 1.43. The molecule has 0 atom stereocenters. The highest BCUT2D eigenvalue weighted by Crippen LogP contribution is 2.30. The van der Waals surface area contributed by atoms with Crippen LogP contribution in [0.15, 0.2) is 53.7 Å². The molecule has 1 aliphatic rings. The fourth-order valence-electron chi connectivity index (χ4n) is 3.54. The number of nitrogens with zero attached hydrogens (tertiary/aromatic N) is 5. The van der Waals surface area contributed by atoms with Crippen molar-refractivity contribution in [1.82, 2.24) is 19.4 Å². The predicted octanol–water partition coefficient (Wildman–Crippen LogP) is 2.31. The van der Waals surface area contributed by atoms with Crippen LogP contribution in [0.25, 0.3) is 11.3 Å². The first kappa shape index (κ1) is 20.0. The van der Waals surface area contributed by atoms with Gasteiger partial charge < -0.3 is 14.2 Å². The predicted molar refractivity (Wildman–Crippen MR) is 113 cm³/mol. The second-order valence-electron chi connectivity index (χ2n) is 7.55. The molecule has 30 heavy (non-hydrogen) atoms. The molecule has 156 valence electrons. The van der Waals surface area contributed by atoms with Crippen molar-refractivity contribution in [2.24, 2.45) is 7.05 Å². The molecule has 4 rings (SSSR count). The van der Waals surface area contributed by atoms with Crippen molar-refractivity contribution in [3.63, 3.8) is 0 Å². The van der Waals surface area contributed by atoms with Gasteiger partial charge in [0.1, 0.15) is 17.8 Å². The molecule has 1 saturated heterocycles. The number of benzene rings is 1. The molecule has 2 aromatic heterocycles. The molecule has 0 spiro atoms. The highest BCUT2D eigenvalue weighted by molar-refractivity contribution is 5.65. The van der Waals surface area contributed by atoms with E-state index < -0.39 is 5.82 Å². The van der Waals surface area contributed by atoms with E-state index in [0.29, 0.717) is 36.8 Å². The van der Waals surface area contributed by atoms with Crippen LogP contribution in [0.5, 0.6) is 5.75 Å². The van der Waals surface area contributed by atoms with Gasteiger partial charge in [-0.15, -0.1) is 0 Å². The van der Waals surface area contributed by atoms with Crippen molar-refractivity contribution < 1.29 is 9.13 Å². The quantitative estimate of drug-likeness (QED) is 0.623. The number of methoxy groups -OCH3 is 1. The molecule has 0 bridgehead atoms. The van der Waals surface area contributed by atoms with Crippen LogP contribution in [0.3, 0.4) is 0 Å². The zero-order valence-corrected chi connectivity index (χ0v) is 17.2. The Labute approximate surface area is 174 Å². The van der Waals surface area contributed by atoms with E-state index >= 15 is 4.39 Å². The molecule has 7 nitrogen and oxygen atoms in total. The Morgan fingerprint density at radius 1 is 1.20 bits per heavy atom. The van der Waals surface area contributed by atoms with Crippen LogP contribution in [-0.4, -0.2) is 52.7 Å². The summed E-state index contributed by atoms with van der Waals surface area (Å²) in [4.78, 5) is 24.2. The lowest BCUT2D eigenvalue weighted by Gasteiger charge is -2.44. The normalized spacial score (nSPS) is 14.1. The average molecular weight is 409 g/mol. The molecule has 0 radical (unpaired) electrons. The van der Waals surface area contributed by atoms with Gasteiger partial charge in [0.2, 0.25) is 0 Å². The Morgan fingerprint density at radius 3 is 2.60 bits per heavy atom. The maximum absolute atomic E-state index is 15.1. The molecule has 0 N–H and O–H groups in total. The molecule has 1 aromatic carbocycles. The van der Waals surface area contributed by atoms with Crippen molar-refractivity contribution in [2.45, 2.75) is 12.6 Å². The Hall–Kier alpha value is -3.26. The van der Waals surface area contributed by atoms with Crippen LogP contribution in [0.2, 0.25) is 0 Å². The first-order valence-corrected chi connectivity index (χ1v) is 9.72. The monoisotopic (exact) mass is 409 g/mol.